The minimum Gasteiger partial charge on any atom is -0.349 e. The van der Waals surface area contributed by atoms with Crippen molar-refractivity contribution in [3.05, 3.63) is 29.8 Å². The maximum absolute atomic E-state index is 12.8. The molecule has 4 rings (SSSR count). The van der Waals surface area contributed by atoms with Crippen molar-refractivity contribution in [3.63, 3.8) is 0 Å². The predicted octanol–water partition coefficient (Wildman–Crippen LogP) is 2.55. The molecule has 1 saturated heterocycles. The van der Waals surface area contributed by atoms with E-state index in [0.717, 1.165) is 43.4 Å². The molecule has 1 atom stereocenters. The van der Waals surface area contributed by atoms with Gasteiger partial charge in [0.1, 0.15) is 11.6 Å². The minimum absolute atomic E-state index is 0.116. The molecule has 160 valence electrons. The summed E-state index contributed by atoms with van der Waals surface area (Å²) in [6.45, 7) is 1.55. The van der Waals surface area contributed by atoms with E-state index < -0.39 is 23.5 Å². The number of carbonyl (C=O) groups is 4. The smallest absolute Gasteiger partial charge is 0.325 e. The van der Waals surface area contributed by atoms with Gasteiger partial charge in [-0.1, -0.05) is 25.7 Å². The Bertz CT molecular complexity index is 854. The van der Waals surface area contributed by atoms with Crippen LogP contribution in [-0.2, 0) is 9.59 Å². The fourth-order valence-corrected chi connectivity index (χ4v) is 4.72. The molecule has 8 heteroatoms. The topological polar surface area (TPSA) is 108 Å². The zero-order valence-corrected chi connectivity index (χ0v) is 17.2. The third-order valence-electron chi connectivity index (χ3n) is 6.52. The van der Waals surface area contributed by atoms with Crippen LogP contribution in [0.15, 0.2) is 24.3 Å². The first-order valence-electron chi connectivity index (χ1n) is 10.8. The van der Waals surface area contributed by atoms with Crippen molar-refractivity contribution in [1.82, 2.24) is 15.5 Å². The monoisotopic (exact) mass is 412 g/mol. The Hall–Kier alpha value is -2.90. The van der Waals surface area contributed by atoms with E-state index in [-0.39, 0.29) is 17.9 Å². The van der Waals surface area contributed by atoms with Gasteiger partial charge >= 0.3 is 6.03 Å². The lowest BCUT2D eigenvalue weighted by molar-refractivity contribution is -0.136. The van der Waals surface area contributed by atoms with Crippen LogP contribution >= 0.6 is 0 Å². The number of rotatable bonds is 5. The molecule has 0 aromatic heterocycles. The Balaban J connectivity index is 1.37. The van der Waals surface area contributed by atoms with E-state index in [4.69, 9.17) is 0 Å². The molecule has 5 amide bonds. The van der Waals surface area contributed by atoms with E-state index in [1.165, 1.54) is 0 Å². The Labute approximate surface area is 175 Å². The SMILES string of the molecule is CC(C(=O)Nc1ccc(C(=O)NC2CCCC2)cc1)N1C(=O)NC2(CCCC2)C1=O. The van der Waals surface area contributed by atoms with Gasteiger partial charge in [-0.25, -0.2) is 9.69 Å². The maximum Gasteiger partial charge on any atom is 0.325 e. The molecule has 3 aliphatic rings. The van der Waals surface area contributed by atoms with Crippen LogP contribution in [0.5, 0.6) is 0 Å². The lowest BCUT2D eigenvalue weighted by atomic mass is 9.97. The Morgan fingerprint density at radius 3 is 2.33 bits per heavy atom. The standard InChI is InChI=1S/C22H28N4O4/c1-14(26-20(29)22(25-21(26)30)12-4-5-13-22)18(27)23-17-10-8-15(9-11-17)19(28)24-16-6-2-3-7-16/h8-11,14,16H,2-7,12-13H2,1H3,(H,23,27)(H,24,28)(H,25,30). The molecule has 3 N–H and O–H groups in total. The van der Waals surface area contributed by atoms with Crippen LogP contribution in [-0.4, -0.2) is 46.3 Å². The van der Waals surface area contributed by atoms with E-state index in [1.807, 2.05) is 0 Å². The molecule has 1 heterocycles. The third kappa shape index (κ3) is 3.78. The molecule has 0 bridgehead atoms. The lowest BCUT2D eigenvalue weighted by Crippen LogP contribution is -2.48. The number of nitrogens with zero attached hydrogens (tertiary/aromatic N) is 1. The second-order valence-corrected chi connectivity index (χ2v) is 8.59. The summed E-state index contributed by atoms with van der Waals surface area (Å²) in [5.74, 6) is -0.877. The third-order valence-corrected chi connectivity index (χ3v) is 6.52. The van der Waals surface area contributed by atoms with Crippen molar-refractivity contribution in [2.45, 2.75) is 75.9 Å². The van der Waals surface area contributed by atoms with Crippen LogP contribution in [0.3, 0.4) is 0 Å². The first kappa shape index (κ1) is 20.4. The van der Waals surface area contributed by atoms with Crippen molar-refractivity contribution >= 4 is 29.4 Å². The van der Waals surface area contributed by atoms with Gasteiger partial charge in [-0.2, -0.15) is 0 Å². The van der Waals surface area contributed by atoms with Crippen molar-refractivity contribution in [3.8, 4) is 0 Å². The largest absolute Gasteiger partial charge is 0.349 e. The van der Waals surface area contributed by atoms with Crippen LogP contribution in [0.25, 0.3) is 0 Å². The second kappa shape index (κ2) is 8.08. The summed E-state index contributed by atoms with van der Waals surface area (Å²) in [5.41, 5.74) is 0.206. The Kier molecular flexibility index (Phi) is 5.49. The normalized spacial score (nSPS) is 21.7. The maximum atomic E-state index is 12.8. The molecule has 2 saturated carbocycles. The number of carbonyl (C=O) groups excluding carboxylic acids is 4. The highest BCUT2D eigenvalue weighted by molar-refractivity contribution is 6.11. The van der Waals surface area contributed by atoms with Gasteiger partial charge in [-0.15, -0.1) is 0 Å². The fraction of sp³-hybridized carbons (Fsp3) is 0.545. The molecule has 2 aliphatic carbocycles. The van der Waals surface area contributed by atoms with Gasteiger partial charge in [0.2, 0.25) is 5.91 Å². The number of anilines is 1. The summed E-state index contributed by atoms with van der Waals surface area (Å²) in [4.78, 5) is 51.2. The van der Waals surface area contributed by atoms with Crippen molar-refractivity contribution < 1.29 is 19.2 Å². The predicted molar refractivity (Wildman–Crippen MR) is 111 cm³/mol. The van der Waals surface area contributed by atoms with Crippen LogP contribution in [0.4, 0.5) is 10.5 Å². The van der Waals surface area contributed by atoms with Gasteiger partial charge in [-0.3, -0.25) is 14.4 Å². The van der Waals surface area contributed by atoms with Crippen molar-refractivity contribution in [2.75, 3.05) is 5.32 Å². The van der Waals surface area contributed by atoms with E-state index >= 15 is 0 Å². The molecule has 0 radical (unpaired) electrons. The number of amides is 5. The van der Waals surface area contributed by atoms with E-state index in [9.17, 15) is 19.2 Å². The number of benzene rings is 1. The van der Waals surface area contributed by atoms with Crippen LogP contribution < -0.4 is 16.0 Å². The van der Waals surface area contributed by atoms with Crippen molar-refractivity contribution in [2.24, 2.45) is 0 Å². The second-order valence-electron chi connectivity index (χ2n) is 8.59. The molecule has 8 nitrogen and oxygen atoms in total. The summed E-state index contributed by atoms with van der Waals surface area (Å²) >= 11 is 0. The van der Waals surface area contributed by atoms with E-state index in [2.05, 4.69) is 16.0 Å². The summed E-state index contributed by atoms with van der Waals surface area (Å²) in [5, 5.41) is 8.55. The van der Waals surface area contributed by atoms with Crippen LogP contribution in [0.2, 0.25) is 0 Å². The summed E-state index contributed by atoms with van der Waals surface area (Å²) < 4.78 is 0. The first-order valence-corrected chi connectivity index (χ1v) is 10.8. The van der Waals surface area contributed by atoms with Gasteiger partial charge in [0.05, 0.1) is 0 Å². The van der Waals surface area contributed by atoms with Crippen molar-refractivity contribution in [1.29, 1.82) is 0 Å². The number of imide groups is 1. The highest BCUT2D eigenvalue weighted by atomic mass is 16.2. The van der Waals surface area contributed by atoms with Gasteiger partial charge in [0.25, 0.3) is 11.8 Å². The number of nitrogens with one attached hydrogen (secondary N) is 3. The van der Waals surface area contributed by atoms with Crippen LogP contribution in [0.1, 0.15) is 68.6 Å². The van der Waals surface area contributed by atoms with Gasteiger partial charge in [-0.05, 0) is 56.9 Å². The quantitative estimate of drug-likeness (QED) is 0.646. The fourth-order valence-electron chi connectivity index (χ4n) is 4.72. The number of hydrogen-bond donors (Lipinski definition) is 3. The molecular weight excluding hydrogens is 384 g/mol. The summed E-state index contributed by atoms with van der Waals surface area (Å²) in [6, 6.07) is 5.42. The molecule has 1 aromatic rings. The molecular formula is C22H28N4O4. The average Bonchev–Trinajstić information content (AvgIpc) is 3.45. The number of hydrogen-bond acceptors (Lipinski definition) is 4. The Morgan fingerprint density at radius 1 is 1.07 bits per heavy atom. The lowest BCUT2D eigenvalue weighted by Gasteiger charge is -2.23. The molecule has 30 heavy (non-hydrogen) atoms. The molecule has 1 spiro atoms. The van der Waals surface area contributed by atoms with Gasteiger partial charge < -0.3 is 16.0 Å². The molecule has 1 aliphatic heterocycles. The van der Waals surface area contributed by atoms with Gasteiger partial charge in [0.15, 0.2) is 0 Å². The number of urea groups is 1. The molecule has 1 aromatic carbocycles. The summed E-state index contributed by atoms with van der Waals surface area (Å²) in [7, 11) is 0. The highest BCUT2D eigenvalue weighted by Crippen LogP contribution is 2.35. The highest BCUT2D eigenvalue weighted by Gasteiger charge is 2.54. The zero-order valence-electron chi connectivity index (χ0n) is 17.2. The zero-order chi connectivity index (χ0) is 21.3. The molecule has 1 unspecified atom stereocenters. The Morgan fingerprint density at radius 2 is 1.70 bits per heavy atom. The minimum atomic E-state index is -0.928. The van der Waals surface area contributed by atoms with E-state index in [1.54, 1.807) is 31.2 Å². The molecule has 3 fully saturated rings. The average molecular weight is 412 g/mol. The van der Waals surface area contributed by atoms with Gasteiger partial charge in [0, 0.05) is 17.3 Å². The summed E-state index contributed by atoms with van der Waals surface area (Å²) in [6.07, 6.45) is 7.34. The first-order chi connectivity index (χ1) is 14.4. The van der Waals surface area contributed by atoms with E-state index in [0.29, 0.717) is 24.1 Å². The van der Waals surface area contributed by atoms with Crippen LogP contribution in [0, 0.1) is 0 Å².